The zero-order chi connectivity index (χ0) is 17.9. The molecule has 2 aromatic carbocycles. The zero-order valence-electron chi connectivity index (χ0n) is 14.3. The third kappa shape index (κ3) is 3.30. The summed E-state index contributed by atoms with van der Waals surface area (Å²) in [7, 11) is 0. The normalized spacial score (nSPS) is 11.5. The van der Waals surface area contributed by atoms with E-state index in [4.69, 9.17) is 5.10 Å². The molecule has 0 spiro atoms. The first kappa shape index (κ1) is 16.7. The van der Waals surface area contributed by atoms with E-state index in [1.807, 2.05) is 53.4 Å². The number of hydrogen-bond donors (Lipinski definition) is 0. The second-order valence-electron chi connectivity index (χ2n) is 6.04. The Hall–Kier alpha value is -2.79. The van der Waals surface area contributed by atoms with Crippen LogP contribution in [0.4, 0.5) is 5.69 Å². The first-order valence-corrected chi connectivity index (χ1v) is 9.16. The molecular weight excluding hydrogens is 388 g/mol. The molecule has 0 amide bonds. The van der Waals surface area contributed by atoms with Gasteiger partial charge in [0.1, 0.15) is 5.69 Å². The highest BCUT2D eigenvalue weighted by molar-refractivity contribution is 9.10. The van der Waals surface area contributed by atoms with Gasteiger partial charge in [-0.2, -0.15) is 5.10 Å². The summed E-state index contributed by atoms with van der Waals surface area (Å²) < 4.78 is 2.96. The van der Waals surface area contributed by atoms with Crippen LogP contribution in [0.2, 0.25) is 0 Å². The lowest BCUT2D eigenvalue weighted by Gasteiger charge is -2.02. The molecule has 0 aliphatic carbocycles. The van der Waals surface area contributed by atoms with Crippen LogP contribution < -0.4 is 0 Å². The molecule has 0 radical (unpaired) electrons. The zero-order valence-corrected chi connectivity index (χ0v) is 15.9. The maximum Gasteiger partial charge on any atom is 0.111 e. The molecule has 128 valence electrons. The van der Waals surface area contributed by atoms with Crippen molar-refractivity contribution in [3.8, 4) is 0 Å². The van der Waals surface area contributed by atoms with Crippen molar-refractivity contribution in [3.05, 3.63) is 88.3 Å². The molecule has 0 aliphatic heterocycles. The van der Waals surface area contributed by atoms with Gasteiger partial charge in [-0.05, 0) is 52.7 Å². The molecule has 4 rings (SSSR count). The summed E-state index contributed by atoms with van der Waals surface area (Å²) in [4.78, 5) is 9.09. The summed E-state index contributed by atoms with van der Waals surface area (Å²) >= 11 is 3.57. The fourth-order valence-corrected chi connectivity index (χ4v) is 3.49. The van der Waals surface area contributed by atoms with Crippen LogP contribution in [-0.4, -0.2) is 21.0 Å². The lowest BCUT2D eigenvalue weighted by atomic mass is 10.2. The molecule has 2 heterocycles. The van der Waals surface area contributed by atoms with E-state index in [2.05, 4.69) is 51.0 Å². The van der Waals surface area contributed by atoms with E-state index in [0.717, 1.165) is 38.0 Å². The maximum atomic E-state index is 4.77. The minimum atomic E-state index is 0.628. The number of pyridine rings is 1. The number of aliphatic imine (C=N–C) groups is 1. The number of para-hydroxylation sites is 2. The lowest BCUT2D eigenvalue weighted by molar-refractivity contribution is 0.695. The molecule has 0 saturated carbocycles. The molecule has 0 aliphatic rings. The minimum Gasteiger partial charge on any atom is -0.259 e. The lowest BCUT2D eigenvalue weighted by Crippen LogP contribution is -2.03. The minimum absolute atomic E-state index is 0.628. The third-order valence-electron chi connectivity index (χ3n) is 4.23. The average Bonchev–Trinajstić information content (AvgIpc) is 3.00. The van der Waals surface area contributed by atoms with Crippen LogP contribution in [0.3, 0.4) is 0 Å². The summed E-state index contributed by atoms with van der Waals surface area (Å²) in [6.45, 7) is 2.68. The molecule has 2 aromatic heterocycles. The van der Waals surface area contributed by atoms with Crippen molar-refractivity contribution in [2.45, 2.75) is 13.5 Å². The van der Waals surface area contributed by atoms with E-state index < -0.39 is 0 Å². The maximum absolute atomic E-state index is 4.77. The second kappa shape index (κ2) is 7.22. The first-order valence-electron chi connectivity index (χ1n) is 8.37. The van der Waals surface area contributed by atoms with E-state index in [1.165, 1.54) is 0 Å². The Bertz CT molecular complexity index is 1060. The monoisotopic (exact) mass is 404 g/mol. The van der Waals surface area contributed by atoms with Crippen molar-refractivity contribution in [3.63, 3.8) is 0 Å². The summed E-state index contributed by atoms with van der Waals surface area (Å²) in [5, 5.41) is 5.85. The van der Waals surface area contributed by atoms with Crippen molar-refractivity contribution in [2.75, 3.05) is 0 Å². The van der Waals surface area contributed by atoms with Crippen LogP contribution in [0.25, 0.3) is 10.9 Å². The molecule has 5 heteroatoms. The van der Waals surface area contributed by atoms with Gasteiger partial charge in [-0.1, -0.05) is 36.4 Å². The van der Waals surface area contributed by atoms with E-state index >= 15 is 0 Å². The van der Waals surface area contributed by atoms with Crippen LogP contribution in [-0.2, 0) is 6.54 Å². The van der Waals surface area contributed by atoms with Gasteiger partial charge in [0, 0.05) is 16.1 Å². The molecule has 0 N–H and O–H groups in total. The third-order valence-corrected chi connectivity index (χ3v) is 4.87. The van der Waals surface area contributed by atoms with Crippen LogP contribution in [0.15, 0.2) is 76.3 Å². The number of halogens is 1. The molecule has 0 saturated heterocycles. The molecule has 0 bridgehead atoms. The Kier molecular flexibility index (Phi) is 4.63. The van der Waals surface area contributed by atoms with E-state index in [0.29, 0.717) is 6.54 Å². The Balaban J connectivity index is 1.75. The summed E-state index contributed by atoms with van der Waals surface area (Å²) in [6, 6.07) is 20.2. The molecule has 0 fully saturated rings. The van der Waals surface area contributed by atoms with Gasteiger partial charge in [-0.25, -0.2) is 0 Å². The highest BCUT2D eigenvalue weighted by atomic mass is 79.9. The van der Waals surface area contributed by atoms with Gasteiger partial charge in [0.25, 0.3) is 0 Å². The van der Waals surface area contributed by atoms with Gasteiger partial charge in [0.15, 0.2) is 0 Å². The van der Waals surface area contributed by atoms with Crippen molar-refractivity contribution in [1.29, 1.82) is 0 Å². The second-order valence-corrected chi connectivity index (χ2v) is 6.90. The number of benzene rings is 2. The van der Waals surface area contributed by atoms with Crippen LogP contribution in [0.5, 0.6) is 0 Å². The smallest absolute Gasteiger partial charge is 0.111 e. The number of nitrogens with zero attached hydrogens (tertiary/aromatic N) is 4. The molecule has 0 unspecified atom stereocenters. The molecule has 4 aromatic rings. The standard InChI is InChI=1S/C21H17BrN4/c1-15-7-6-10-18(22)21(15)24-13-19-17-9-2-3-11-20(17)26(25-19)14-16-8-4-5-12-23-16/h2-13H,14H2,1H3/b24-13+. The first-order chi connectivity index (χ1) is 12.7. The van der Waals surface area contributed by atoms with Gasteiger partial charge in [0.2, 0.25) is 0 Å². The van der Waals surface area contributed by atoms with Crippen LogP contribution in [0, 0.1) is 6.92 Å². The van der Waals surface area contributed by atoms with Gasteiger partial charge in [0.05, 0.1) is 29.7 Å². The molecule has 0 atom stereocenters. The van der Waals surface area contributed by atoms with Crippen LogP contribution >= 0.6 is 15.9 Å². The van der Waals surface area contributed by atoms with Gasteiger partial charge in [-0.15, -0.1) is 0 Å². The van der Waals surface area contributed by atoms with E-state index in [-0.39, 0.29) is 0 Å². The number of aromatic nitrogens is 3. The molecule has 26 heavy (non-hydrogen) atoms. The average molecular weight is 405 g/mol. The van der Waals surface area contributed by atoms with Crippen LogP contribution in [0.1, 0.15) is 17.0 Å². The predicted octanol–water partition coefficient (Wildman–Crippen LogP) is 5.30. The Morgan fingerprint density at radius 2 is 1.88 bits per heavy atom. The predicted molar refractivity (Wildman–Crippen MR) is 109 cm³/mol. The molecular formula is C21H17BrN4. The summed E-state index contributed by atoms with van der Waals surface area (Å²) in [5.74, 6) is 0. The van der Waals surface area contributed by atoms with Gasteiger partial charge in [-0.3, -0.25) is 14.7 Å². The van der Waals surface area contributed by atoms with Crippen molar-refractivity contribution in [2.24, 2.45) is 4.99 Å². The van der Waals surface area contributed by atoms with E-state index in [1.54, 1.807) is 6.20 Å². The SMILES string of the molecule is Cc1cccc(Br)c1/N=C/c1nn(Cc2ccccn2)c2ccccc12. The number of hydrogen-bond acceptors (Lipinski definition) is 3. The highest BCUT2D eigenvalue weighted by Gasteiger charge is 2.10. The van der Waals surface area contributed by atoms with Gasteiger partial charge < -0.3 is 0 Å². The Labute approximate surface area is 160 Å². The number of fused-ring (bicyclic) bond motifs is 1. The number of rotatable bonds is 4. The largest absolute Gasteiger partial charge is 0.259 e. The summed E-state index contributed by atoms with van der Waals surface area (Å²) in [5.41, 5.74) is 4.95. The Morgan fingerprint density at radius 3 is 2.69 bits per heavy atom. The topological polar surface area (TPSA) is 43.1 Å². The van der Waals surface area contributed by atoms with Gasteiger partial charge >= 0.3 is 0 Å². The molecule has 4 nitrogen and oxygen atoms in total. The fraction of sp³-hybridized carbons (Fsp3) is 0.0952. The highest BCUT2D eigenvalue weighted by Crippen LogP contribution is 2.29. The van der Waals surface area contributed by atoms with E-state index in [9.17, 15) is 0 Å². The van der Waals surface area contributed by atoms with Crippen molar-refractivity contribution < 1.29 is 0 Å². The Morgan fingerprint density at radius 1 is 1.04 bits per heavy atom. The van der Waals surface area contributed by atoms with Crippen molar-refractivity contribution in [1.82, 2.24) is 14.8 Å². The fourth-order valence-electron chi connectivity index (χ4n) is 2.93. The quantitative estimate of drug-likeness (QED) is 0.433. The number of aryl methyl sites for hydroxylation is 1. The summed E-state index contributed by atoms with van der Waals surface area (Å²) in [6.07, 6.45) is 3.64. The van der Waals surface area contributed by atoms with Crippen molar-refractivity contribution >= 4 is 38.7 Å².